The van der Waals surface area contributed by atoms with Gasteiger partial charge in [-0.15, -0.1) is 6.42 Å². The molecule has 1 aliphatic rings. The Kier molecular flexibility index (Phi) is 4.33. The van der Waals surface area contributed by atoms with Crippen LogP contribution in [0.5, 0.6) is 0 Å². The van der Waals surface area contributed by atoms with Crippen molar-refractivity contribution in [1.82, 2.24) is 0 Å². The molecule has 0 amide bonds. The average Bonchev–Trinajstić information content (AvgIpc) is 1.72. The Labute approximate surface area is 57.1 Å². The third-order valence-corrected chi connectivity index (χ3v) is 0.806. The minimum atomic E-state index is 0. The summed E-state index contributed by atoms with van der Waals surface area (Å²) in [5.74, 6) is 0. The molecule has 0 spiro atoms. The molecule has 0 heterocycles. The van der Waals surface area contributed by atoms with Crippen molar-refractivity contribution < 1.29 is 19.5 Å². The van der Waals surface area contributed by atoms with Gasteiger partial charge in [-0.1, -0.05) is 6.42 Å². The average molecular weight is 180 g/mol. The molecule has 0 fully saturated rings. The van der Waals surface area contributed by atoms with Gasteiger partial charge in [0, 0.05) is 0 Å². The smallest absolute Gasteiger partial charge is 0.275 e. The molecule has 0 nitrogen and oxygen atoms in total. The van der Waals surface area contributed by atoms with Crippen molar-refractivity contribution in [2.24, 2.45) is 0 Å². The minimum Gasteiger partial charge on any atom is -0.275 e. The van der Waals surface area contributed by atoms with Crippen LogP contribution < -0.4 is 0 Å². The Bertz CT molecular complexity index is 70.2. The third kappa shape index (κ3) is 2.76. The van der Waals surface area contributed by atoms with E-state index in [1.807, 2.05) is 12.2 Å². The molecule has 1 rings (SSSR count). The maximum absolute atomic E-state index is 3.07. The van der Waals surface area contributed by atoms with Crippen LogP contribution in [0.3, 0.4) is 0 Å². The van der Waals surface area contributed by atoms with E-state index in [4.69, 9.17) is 0 Å². The number of rotatable bonds is 0. The van der Waals surface area contributed by atoms with Crippen LogP contribution >= 0.6 is 0 Å². The summed E-state index contributed by atoms with van der Waals surface area (Å²) in [6.45, 7) is 0. The van der Waals surface area contributed by atoms with Crippen molar-refractivity contribution in [3.63, 3.8) is 0 Å². The van der Waals surface area contributed by atoms with E-state index in [-0.39, 0.29) is 19.5 Å². The second-order valence-corrected chi connectivity index (χ2v) is 1.34. The Balaban J connectivity index is 0.000000360. The van der Waals surface area contributed by atoms with Gasteiger partial charge >= 0.3 is 19.5 Å². The fourth-order valence-electron chi connectivity index (χ4n) is 0.482. The summed E-state index contributed by atoms with van der Waals surface area (Å²) in [7, 11) is 0. The van der Waals surface area contributed by atoms with Crippen molar-refractivity contribution in [1.29, 1.82) is 0 Å². The van der Waals surface area contributed by atoms with Crippen LogP contribution in [-0.4, -0.2) is 0 Å². The molecule has 0 N–H and O–H groups in total. The molecule has 1 aliphatic carbocycles. The maximum atomic E-state index is 3.07. The monoisotopic (exact) mass is 181 g/mol. The first-order valence-corrected chi connectivity index (χ1v) is 2.22. The Hall–Kier alpha value is 0.103. The fourth-order valence-corrected chi connectivity index (χ4v) is 0.482. The van der Waals surface area contributed by atoms with Crippen molar-refractivity contribution >= 4 is 0 Å². The Morgan fingerprint density at radius 1 is 1.43 bits per heavy atom. The predicted octanol–water partition coefficient (Wildman–Crippen LogP) is 1.69. The van der Waals surface area contributed by atoms with Crippen LogP contribution in [0, 0.1) is 6.08 Å². The van der Waals surface area contributed by atoms with Crippen molar-refractivity contribution in [3.05, 3.63) is 24.3 Å². The molecule has 0 aromatic carbocycles. The third-order valence-electron chi connectivity index (χ3n) is 0.806. The molecule has 1 heteroatoms. The fraction of sp³-hybridized carbons (Fsp3) is 0.333. The first-order chi connectivity index (χ1) is 3.00. The molecular formula is C6H7Ru. The van der Waals surface area contributed by atoms with Crippen LogP contribution in [0.2, 0.25) is 0 Å². The van der Waals surface area contributed by atoms with Gasteiger partial charge in [-0.2, -0.15) is 6.08 Å². The van der Waals surface area contributed by atoms with Crippen LogP contribution in [0.1, 0.15) is 12.8 Å². The van der Waals surface area contributed by atoms with Crippen LogP contribution in [0.25, 0.3) is 0 Å². The van der Waals surface area contributed by atoms with Gasteiger partial charge in [0.15, 0.2) is 0 Å². The maximum Gasteiger partial charge on any atom is 1.00 e. The zero-order valence-corrected chi connectivity index (χ0v) is 5.74. The second kappa shape index (κ2) is 4.27. The molecule has 0 aromatic heterocycles. The molecule has 0 saturated carbocycles. The molecule has 1 radical (unpaired) electrons. The van der Waals surface area contributed by atoms with E-state index in [9.17, 15) is 0 Å². The molecular weight excluding hydrogens is 173 g/mol. The molecule has 0 unspecified atom stereocenters. The van der Waals surface area contributed by atoms with E-state index >= 15 is 0 Å². The van der Waals surface area contributed by atoms with Gasteiger partial charge in [-0.25, -0.2) is 12.2 Å². The van der Waals surface area contributed by atoms with E-state index in [0.29, 0.717) is 0 Å². The molecule has 39 valence electrons. The summed E-state index contributed by atoms with van der Waals surface area (Å²) in [5.41, 5.74) is 0. The van der Waals surface area contributed by atoms with Gasteiger partial charge in [0.25, 0.3) is 0 Å². The summed E-state index contributed by atoms with van der Waals surface area (Å²) in [5, 5.41) is 0. The molecule has 0 aromatic rings. The largest absolute Gasteiger partial charge is 1.00 e. The van der Waals surface area contributed by atoms with Crippen molar-refractivity contribution in [2.75, 3.05) is 0 Å². The van der Waals surface area contributed by atoms with E-state index < -0.39 is 0 Å². The van der Waals surface area contributed by atoms with Crippen LogP contribution in [-0.2, 0) is 19.5 Å². The van der Waals surface area contributed by atoms with Crippen LogP contribution in [0.15, 0.2) is 18.2 Å². The Morgan fingerprint density at radius 2 is 2.29 bits per heavy atom. The summed E-state index contributed by atoms with van der Waals surface area (Å²) in [6, 6.07) is 0. The first-order valence-electron chi connectivity index (χ1n) is 2.22. The minimum absolute atomic E-state index is 0. The molecule has 0 saturated heterocycles. The van der Waals surface area contributed by atoms with Gasteiger partial charge in [-0.3, -0.25) is 6.08 Å². The topological polar surface area (TPSA) is 0 Å². The van der Waals surface area contributed by atoms with E-state index in [1.54, 1.807) is 0 Å². The summed E-state index contributed by atoms with van der Waals surface area (Å²) in [4.78, 5) is 0. The van der Waals surface area contributed by atoms with E-state index in [0.717, 1.165) is 6.42 Å². The zero-order chi connectivity index (χ0) is 4.24. The van der Waals surface area contributed by atoms with Gasteiger partial charge < -0.3 is 0 Å². The SMILES string of the molecule is [C-]1=CC=CCC1.[Ru+]. The van der Waals surface area contributed by atoms with E-state index in [2.05, 4.69) is 12.2 Å². The summed E-state index contributed by atoms with van der Waals surface area (Å²) < 4.78 is 0. The number of hydrogen-bond acceptors (Lipinski definition) is 0. The standard InChI is InChI=1S/C6H7.Ru/c1-2-4-6-5-3-1;/h1-3H,4,6H2;/q-1;+1. The second-order valence-electron chi connectivity index (χ2n) is 1.34. The van der Waals surface area contributed by atoms with Crippen LogP contribution in [0.4, 0.5) is 0 Å². The van der Waals surface area contributed by atoms with Crippen molar-refractivity contribution in [3.8, 4) is 0 Å². The molecule has 0 atom stereocenters. The number of hydrogen-bond donors (Lipinski definition) is 0. The molecule has 0 aliphatic heterocycles. The predicted molar refractivity (Wildman–Crippen MR) is 26.2 cm³/mol. The zero-order valence-electron chi connectivity index (χ0n) is 4.00. The van der Waals surface area contributed by atoms with E-state index in [1.165, 1.54) is 6.42 Å². The van der Waals surface area contributed by atoms with Gasteiger partial charge in [-0.05, 0) is 0 Å². The quantitative estimate of drug-likeness (QED) is 0.393. The first kappa shape index (κ1) is 7.10. The van der Waals surface area contributed by atoms with Crippen molar-refractivity contribution in [2.45, 2.75) is 12.8 Å². The summed E-state index contributed by atoms with van der Waals surface area (Å²) >= 11 is 0. The molecule has 0 bridgehead atoms. The van der Waals surface area contributed by atoms with Gasteiger partial charge in [0.05, 0.1) is 0 Å². The van der Waals surface area contributed by atoms with Gasteiger partial charge in [0.2, 0.25) is 0 Å². The Morgan fingerprint density at radius 3 is 2.43 bits per heavy atom. The normalized spacial score (nSPS) is 16.0. The number of allylic oxidation sites excluding steroid dienone is 4. The van der Waals surface area contributed by atoms with Gasteiger partial charge in [0.1, 0.15) is 0 Å². The summed E-state index contributed by atoms with van der Waals surface area (Å²) in [6.07, 6.45) is 11.5. The molecule has 7 heavy (non-hydrogen) atoms.